The number of rotatable bonds is 4. The average molecular weight is 549 g/mol. The van der Waals surface area contributed by atoms with E-state index < -0.39 is 41.4 Å². The third-order valence-corrected chi connectivity index (χ3v) is 12.1. The third-order valence-electron chi connectivity index (χ3n) is 12.1. The first-order valence-corrected chi connectivity index (χ1v) is 14.8. The lowest BCUT2D eigenvalue weighted by Crippen LogP contribution is -2.70. The van der Waals surface area contributed by atoms with Crippen LogP contribution in [0.3, 0.4) is 0 Å². The van der Waals surface area contributed by atoms with Crippen molar-refractivity contribution in [2.45, 2.75) is 115 Å². The summed E-state index contributed by atoms with van der Waals surface area (Å²) in [6.45, 7) is 6.02. The molecule has 4 aliphatic carbocycles. The van der Waals surface area contributed by atoms with Gasteiger partial charge < -0.3 is 34.3 Å². The first-order valence-electron chi connectivity index (χ1n) is 14.8. The maximum Gasteiger partial charge on any atom is 0.331 e. The van der Waals surface area contributed by atoms with Gasteiger partial charge in [0.1, 0.15) is 18.8 Å². The molecular formula is C30H44O9. The van der Waals surface area contributed by atoms with Crippen LogP contribution in [0.1, 0.15) is 72.1 Å². The Balaban J connectivity index is 1.21. The lowest BCUT2D eigenvalue weighted by molar-refractivity contribution is -0.274. The topological polar surface area (TPSA) is 132 Å². The molecule has 0 aromatic rings. The largest absolute Gasteiger partial charge is 0.458 e. The van der Waals surface area contributed by atoms with Gasteiger partial charge in [-0.25, -0.2) is 4.79 Å². The molecule has 6 rings (SSSR count). The summed E-state index contributed by atoms with van der Waals surface area (Å²) in [5, 5.41) is 34.3. The molecule has 0 bridgehead atoms. The van der Waals surface area contributed by atoms with Crippen molar-refractivity contribution in [2.24, 2.45) is 34.5 Å². The summed E-state index contributed by atoms with van der Waals surface area (Å²) in [5.41, 5.74) is -1.80. The summed E-state index contributed by atoms with van der Waals surface area (Å²) >= 11 is 0. The van der Waals surface area contributed by atoms with E-state index >= 15 is 0 Å². The number of carbonyl (C=O) groups excluding carboxylic acids is 2. The van der Waals surface area contributed by atoms with E-state index in [0.29, 0.717) is 19.3 Å². The van der Waals surface area contributed by atoms with E-state index in [4.69, 9.17) is 18.9 Å². The molecule has 3 unspecified atom stereocenters. The zero-order valence-electron chi connectivity index (χ0n) is 23.5. The second kappa shape index (κ2) is 9.60. The monoisotopic (exact) mass is 548 g/mol. The second-order valence-corrected chi connectivity index (χ2v) is 13.6. The number of esters is 1. The number of aliphatic hydroxyl groups is 3. The fourth-order valence-electron chi connectivity index (χ4n) is 9.82. The van der Waals surface area contributed by atoms with E-state index in [1.165, 1.54) is 6.08 Å². The molecule has 6 aliphatic rings. The number of hydrogen-bond donors (Lipinski definition) is 3. The number of ether oxygens (including phenoxy) is 4. The number of methoxy groups -OCH3 is 1. The van der Waals surface area contributed by atoms with Gasteiger partial charge in [-0.1, -0.05) is 13.8 Å². The minimum Gasteiger partial charge on any atom is -0.458 e. The highest BCUT2D eigenvalue weighted by Gasteiger charge is 2.73. The second-order valence-electron chi connectivity index (χ2n) is 13.6. The zero-order valence-corrected chi connectivity index (χ0v) is 23.5. The van der Waals surface area contributed by atoms with Crippen LogP contribution in [0.2, 0.25) is 0 Å². The minimum atomic E-state index is -1.30. The Morgan fingerprint density at radius 2 is 1.82 bits per heavy atom. The van der Waals surface area contributed by atoms with E-state index in [9.17, 15) is 24.9 Å². The van der Waals surface area contributed by atoms with E-state index in [1.807, 2.05) is 13.8 Å². The molecule has 0 radical (unpaired) electrons. The van der Waals surface area contributed by atoms with Crippen LogP contribution in [0.15, 0.2) is 11.6 Å². The number of cyclic esters (lactones) is 1. The number of aliphatic hydroxyl groups excluding tert-OH is 2. The molecule has 218 valence electrons. The molecule has 2 aliphatic heterocycles. The number of Topliss-reactive ketones (excluding diaryl/α,β-unsaturated/α-hetero) is 1. The van der Waals surface area contributed by atoms with Crippen molar-refractivity contribution in [2.75, 3.05) is 13.7 Å². The first kappa shape index (κ1) is 27.8. The Labute approximate surface area is 230 Å². The summed E-state index contributed by atoms with van der Waals surface area (Å²) in [7, 11) is 1.59. The van der Waals surface area contributed by atoms with Crippen molar-refractivity contribution in [1.29, 1.82) is 0 Å². The van der Waals surface area contributed by atoms with Crippen molar-refractivity contribution < 1.29 is 43.9 Å². The molecule has 0 aromatic carbocycles. The van der Waals surface area contributed by atoms with Gasteiger partial charge in [-0.05, 0) is 80.6 Å². The SMILES string of the molecule is CO[C@H]1C[C@H](O[C@H]2CC[C@]3(C)C4C(=O)[C@H](O)[C@]5(C)C(C6=CC(=O)OC6)CC[C@]5(O)C4CC[C@@H]3C2)O[C@H](C)[C@H]1O. The van der Waals surface area contributed by atoms with E-state index in [0.717, 1.165) is 37.7 Å². The fourth-order valence-corrected chi connectivity index (χ4v) is 9.82. The molecule has 9 nitrogen and oxygen atoms in total. The summed E-state index contributed by atoms with van der Waals surface area (Å²) in [5.74, 6) is -1.24. The van der Waals surface area contributed by atoms with Crippen LogP contribution in [-0.2, 0) is 28.5 Å². The Morgan fingerprint density at radius 3 is 2.51 bits per heavy atom. The Hall–Kier alpha value is -1.36. The van der Waals surface area contributed by atoms with Gasteiger partial charge >= 0.3 is 5.97 Å². The predicted octanol–water partition coefficient (Wildman–Crippen LogP) is 2.29. The number of fused-ring (bicyclic) bond motifs is 5. The molecule has 9 heteroatoms. The molecule has 39 heavy (non-hydrogen) atoms. The lowest BCUT2D eigenvalue weighted by Gasteiger charge is -2.64. The summed E-state index contributed by atoms with van der Waals surface area (Å²) in [4.78, 5) is 25.9. The molecule has 4 saturated carbocycles. The quantitative estimate of drug-likeness (QED) is 0.358. The summed E-state index contributed by atoms with van der Waals surface area (Å²) in [6, 6.07) is 0. The molecule has 1 saturated heterocycles. The number of ketones is 1. The molecule has 0 amide bonds. The smallest absolute Gasteiger partial charge is 0.331 e. The van der Waals surface area contributed by atoms with Gasteiger partial charge in [0.05, 0.1) is 23.9 Å². The van der Waals surface area contributed by atoms with Gasteiger partial charge in [0, 0.05) is 30.9 Å². The van der Waals surface area contributed by atoms with Gasteiger partial charge in [0.2, 0.25) is 0 Å². The minimum absolute atomic E-state index is 0.0238. The molecule has 3 N–H and O–H groups in total. The predicted molar refractivity (Wildman–Crippen MR) is 138 cm³/mol. The number of carbonyl (C=O) groups is 2. The van der Waals surface area contributed by atoms with Crippen LogP contribution in [-0.4, -0.2) is 83.2 Å². The maximum absolute atomic E-state index is 14.1. The Morgan fingerprint density at radius 1 is 1.05 bits per heavy atom. The highest BCUT2D eigenvalue weighted by molar-refractivity contribution is 5.90. The van der Waals surface area contributed by atoms with E-state index in [2.05, 4.69) is 6.92 Å². The molecule has 13 atom stereocenters. The van der Waals surface area contributed by atoms with Crippen molar-refractivity contribution in [3.05, 3.63) is 11.6 Å². The van der Waals surface area contributed by atoms with E-state index in [-0.39, 0.29) is 53.9 Å². The van der Waals surface area contributed by atoms with Crippen molar-refractivity contribution in [3.63, 3.8) is 0 Å². The number of hydrogen-bond acceptors (Lipinski definition) is 9. The zero-order chi connectivity index (χ0) is 27.9. The molecule has 2 heterocycles. The standard InChI is InChI=1S/C30H44O9/c1-15-25(32)21(36-4)13-23(38-15)39-18-7-9-28(2)17(12-18)5-6-20-24(28)26(33)27(34)29(3)19(8-10-30(20,29)35)16-11-22(31)37-14-16/h11,15,17-21,23-25,27,32,34-35H,5-10,12-14H2,1-4H3/t15-,17-,18+,19?,20?,21+,23+,24?,25-,27+,28+,29+,30+/m1/s1. The highest BCUT2D eigenvalue weighted by Crippen LogP contribution is 2.69. The Bertz CT molecular complexity index is 1040. The van der Waals surface area contributed by atoms with Crippen LogP contribution < -0.4 is 0 Å². The van der Waals surface area contributed by atoms with Gasteiger partial charge in [0.25, 0.3) is 0 Å². The van der Waals surface area contributed by atoms with Crippen molar-refractivity contribution in [1.82, 2.24) is 0 Å². The fraction of sp³-hybridized carbons (Fsp3) is 0.867. The summed E-state index contributed by atoms with van der Waals surface area (Å²) < 4.78 is 22.9. The first-order chi connectivity index (χ1) is 18.4. The lowest BCUT2D eigenvalue weighted by atomic mass is 9.42. The van der Waals surface area contributed by atoms with Gasteiger partial charge in [-0.2, -0.15) is 0 Å². The molecular weight excluding hydrogens is 504 g/mol. The van der Waals surface area contributed by atoms with Gasteiger partial charge in [-0.15, -0.1) is 0 Å². The van der Waals surface area contributed by atoms with E-state index in [1.54, 1.807) is 7.11 Å². The van der Waals surface area contributed by atoms with Crippen LogP contribution >= 0.6 is 0 Å². The maximum atomic E-state index is 14.1. The van der Waals surface area contributed by atoms with Gasteiger partial charge in [0.15, 0.2) is 12.1 Å². The third kappa shape index (κ3) is 3.94. The molecule has 0 spiro atoms. The average Bonchev–Trinajstić information content (AvgIpc) is 3.45. The van der Waals surface area contributed by atoms with Crippen LogP contribution in [0.4, 0.5) is 0 Å². The molecule has 0 aromatic heterocycles. The van der Waals surface area contributed by atoms with Crippen LogP contribution in [0.5, 0.6) is 0 Å². The van der Waals surface area contributed by atoms with Crippen molar-refractivity contribution >= 4 is 11.8 Å². The summed E-state index contributed by atoms with van der Waals surface area (Å²) in [6.07, 6.45) is 3.83. The van der Waals surface area contributed by atoms with Crippen LogP contribution in [0.25, 0.3) is 0 Å². The molecule has 5 fully saturated rings. The van der Waals surface area contributed by atoms with Crippen molar-refractivity contribution in [3.8, 4) is 0 Å². The normalized spacial score (nSPS) is 53.5. The Kier molecular flexibility index (Phi) is 6.84. The highest BCUT2D eigenvalue weighted by atomic mass is 16.7. The van der Waals surface area contributed by atoms with Gasteiger partial charge in [-0.3, -0.25) is 4.79 Å². The van der Waals surface area contributed by atoms with Crippen LogP contribution in [0, 0.1) is 34.5 Å².